The third kappa shape index (κ3) is 0.826. The van der Waals surface area contributed by atoms with Gasteiger partial charge in [-0.05, 0) is 43.4 Å². The van der Waals surface area contributed by atoms with Crippen LogP contribution in [0.15, 0.2) is 58.7 Å². The Morgan fingerprint density at radius 3 is 2.58 bits per heavy atom. The van der Waals surface area contributed by atoms with Gasteiger partial charge in [-0.2, -0.15) is 0 Å². The smallest absolute Gasteiger partial charge is 0.0342 e. The lowest BCUT2D eigenvalue weighted by molar-refractivity contribution is 0.248. The van der Waals surface area contributed by atoms with Crippen LogP contribution in [0.4, 0.5) is 0 Å². The fourth-order valence-electron chi connectivity index (χ4n) is 5.48. The van der Waals surface area contributed by atoms with Gasteiger partial charge in [-0.1, -0.05) is 53.1 Å². The van der Waals surface area contributed by atoms with E-state index in [4.69, 9.17) is 0 Å². The Kier molecular flexibility index (Phi) is 1.59. The van der Waals surface area contributed by atoms with Crippen LogP contribution in [-0.4, -0.2) is 0 Å². The number of rotatable bonds is 0. The van der Waals surface area contributed by atoms with E-state index in [1.807, 2.05) is 0 Å². The summed E-state index contributed by atoms with van der Waals surface area (Å²) < 4.78 is 0. The highest BCUT2D eigenvalue weighted by Crippen LogP contribution is 2.80. The Morgan fingerprint density at radius 2 is 1.79 bits per heavy atom. The Balaban J connectivity index is 1.84. The molecule has 0 radical (unpaired) electrons. The molecular formula is C19H18. The molecule has 1 spiro atoms. The van der Waals surface area contributed by atoms with Crippen LogP contribution in [-0.2, 0) is 0 Å². The molecule has 4 aliphatic rings. The summed E-state index contributed by atoms with van der Waals surface area (Å²) in [4.78, 5) is 0. The monoisotopic (exact) mass is 246 g/mol. The van der Waals surface area contributed by atoms with Crippen LogP contribution in [0.3, 0.4) is 0 Å². The molecule has 0 N–H and O–H groups in total. The lowest BCUT2D eigenvalue weighted by atomic mass is 9.42. The Bertz CT molecular complexity index is 713. The molecule has 0 aliphatic heterocycles. The van der Waals surface area contributed by atoms with Gasteiger partial charge in [-0.15, -0.1) is 0 Å². The van der Waals surface area contributed by atoms with E-state index in [-0.39, 0.29) is 0 Å². The van der Waals surface area contributed by atoms with E-state index in [0.29, 0.717) is 17.3 Å². The zero-order chi connectivity index (χ0) is 12.8. The van der Waals surface area contributed by atoms with E-state index in [9.17, 15) is 0 Å². The Hall–Kier alpha value is -1.56. The topological polar surface area (TPSA) is 0 Å². The number of fused-ring (bicyclic) bond motifs is 4. The zero-order valence-electron chi connectivity index (χ0n) is 11.5. The van der Waals surface area contributed by atoms with Crippen molar-refractivity contribution in [1.29, 1.82) is 0 Å². The molecule has 1 aromatic rings. The summed E-state index contributed by atoms with van der Waals surface area (Å²) in [5, 5.41) is 0. The number of benzene rings is 1. The standard InChI is InChI=1S/C19H18/c1-11-12(2)19-16-10-6-5-9-15(16)18(19)14-8-4-3-7-13(14)17(11)19/h3-5,7-9,17-18H,6,10H2,1-2H3. The molecule has 0 saturated carbocycles. The summed E-state index contributed by atoms with van der Waals surface area (Å²) in [6.45, 7) is 4.73. The van der Waals surface area contributed by atoms with Crippen molar-refractivity contribution in [3.8, 4) is 0 Å². The fraction of sp³-hybridized carbons (Fsp3) is 0.368. The number of hydrogen-bond donors (Lipinski definition) is 0. The molecule has 0 aromatic heterocycles. The predicted octanol–water partition coefficient (Wildman–Crippen LogP) is 4.86. The third-order valence-electron chi connectivity index (χ3n) is 6.19. The molecule has 3 atom stereocenters. The molecule has 94 valence electrons. The lowest BCUT2D eigenvalue weighted by Gasteiger charge is -2.60. The van der Waals surface area contributed by atoms with E-state index in [2.05, 4.69) is 50.3 Å². The first kappa shape index (κ1) is 10.3. The first-order valence-electron chi connectivity index (χ1n) is 7.44. The largest absolute Gasteiger partial charge is 0.0839 e. The van der Waals surface area contributed by atoms with Gasteiger partial charge >= 0.3 is 0 Å². The van der Waals surface area contributed by atoms with Crippen LogP contribution < -0.4 is 0 Å². The molecule has 0 heterocycles. The quantitative estimate of drug-likeness (QED) is 0.573. The average Bonchev–Trinajstić information content (AvgIpc) is 2.68. The first-order chi connectivity index (χ1) is 9.28. The minimum absolute atomic E-state index is 0.411. The summed E-state index contributed by atoms with van der Waals surface area (Å²) in [5.41, 5.74) is 10.3. The minimum Gasteiger partial charge on any atom is -0.0839 e. The highest BCUT2D eigenvalue weighted by atomic mass is 14.7. The van der Waals surface area contributed by atoms with Crippen molar-refractivity contribution in [2.45, 2.75) is 38.5 Å². The highest BCUT2D eigenvalue weighted by Gasteiger charge is 2.68. The predicted molar refractivity (Wildman–Crippen MR) is 78.1 cm³/mol. The maximum absolute atomic E-state index is 2.41. The molecule has 0 heteroatoms. The SMILES string of the molecule is CC1=C(C)C23C4=C(C=CCC4)C2c2ccccc2C13. The molecule has 0 bridgehead atoms. The molecule has 3 unspecified atom stereocenters. The summed E-state index contributed by atoms with van der Waals surface area (Å²) in [6, 6.07) is 9.17. The molecule has 0 nitrogen and oxygen atoms in total. The third-order valence-corrected chi connectivity index (χ3v) is 6.19. The number of hydrogen-bond acceptors (Lipinski definition) is 0. The van der Waals surface area contributed by atoms with Crippen LogP contribution in [0.5, 0.6) is 0 Å². The van der Waals surface area contributed by atoms with Gasteiger partial charge in [0.1, 0.15) is 0 Å². The minimum atomic E-state index is 0.411. The van der Waals surface area contributed by atoms with E-state index in [1.54, 1.807) is 33.4 Å². The summed E-state index contributed by atoms with van der Waals surface area (Å²) in [6.07, 6.45) is 7.31. The van der Waals surface area contributed by atoms with Gasteiger partial charge in [-0.25, -0.2) is 0 Å². The van der Waals surface area contributed by atoms with Gasteiger partial charge in [-0.3, -0.25) is 0 Å². The first-order valence-corrected chi connectivity index (χ1v) is 7.44. The normalized spacial score (nSPS) is 37.2. The molecule has 1 aromatic carbocycles. The van der Waals surface area contributed by atoms with E-state index < -0.39 is 0 Å². The van der Waals surface area contributed by atoms with E-state index in [0.717, 1.165) is 0 Å². The highest BCUT2D eigenvalue weighted by molar-refractivity contribution is 5.74. The lowest BCUT2D eigenvalue weighted by Crippen LogP contribution is -2.49. The van der Waals surface area contributed by atoms with E-state index in [1.165, 1.54) is 12.8 Å². The van der Waals surface area contributed by atoms with Crippen molar-refractivity contribution in [2.75, 3.05) is 0 Å². The zero-order valence-corrected chi connectivity index (χ0v) is 11.5. The summed E-state index contributed by atoms with van der Waals surface area (Å²) in [7, 11) is 0. The fourth-order valence-corrected chi connectivity index (χ4v) is 5.48. The molecule has 5 rings (SSSR count). The Morgan fingerprint density at radius 1 is 1.05 bits per heavy atom. The summed E-state index contributed by atoms with van der Waals surface area (Å²) >= 11 is 0. The van der Waals surface area contributed by atoms with Crippen LogP contribution in [0, 0.1) is 5.41 Å². The van der Waals surface area contributed by atoms with Crippen molar-refractivity contribution in [3.63, 3.8) is 0 Å². The molecule has 0 amide bonds. The van der Waals surface area contributed by atoms with Gasteiger partial charge in [0.25, 0.3) is 0 Å². The molecule has 0 fully saturated rings. The maximum atomic E-state index is 2.41. The number of allylic oxidation sites excluding steroid dienone is 6. The van der Waals surface area contributed by atoms with Crippen molar-refractivity contribution >= 4 is 0 Å². The second-order valence-electron chi connectivity index (χ2n) is 6.55. The second-order valence-corrected chi connectivity index (χ2v) is 6.55. The van der Waals surface area contributed by atoms with Crippen molar-refractivity contribution in [3.05, 3.63) is 69.8 Å². The second kappa shape index (κ2) is 2.95. The molecule has 19 heavy (non-hydrogen) atoms. The van der Waals surface area contributed by atoms with E-state index >= 15 is 0 Å². The van der Waals surface area contributed by atoms with Gasteiger partial charge in [0.2, 0.25) is 0 Å². The molecule has 4 aliphatic carbocycles. The van der Waals surface area contributed by atoms with Gasteiger partial charge < -0.3 is 0 Å². The van der Waals surface area contributed by atoms with Crippen molar-refractivity contribution in [1.82, 2.24) is 0 Å². The van der Waals surface area contributed by atoms with Crippen LogP contribution >= 0.6 is 0 Å². The average molecular weight is 246 g/mol. The Labute approximate surface area is 114 Å². The van der Waals surface area contributed by atoms with Crippen LogP contribution in [0.1, 0.15) is 49.7 Å². The van der Waals surface area contributed by atoms with Gasteiger partial charge in [0, 0.05) is 17.3 Å². The molecular weight excluding hydrogens is 228 g/mol. The van der Waals surface area contributed by atoms with Gasteiger partial charge in [0.15, 0.2) is 0 Å². The van der Waals surface area contributed by atoms with Gasteiger partial charge in [0.05, 0.1) is 0 Å². The van der Waals surface area contributed by atoms with Crippen molar-refractivity contribution in [2.24, 2.45) is 5.41 Å². The van der Waals surface area contributed by atoms with Crippen molar-refractivity contribution < 1.29 is 0 Å². The van der Waals surface area contributed by atoms with Crippen LogP contribution in [0.2, 0.25) is 0 Å². The maximum Gasteiger partial charge on any atom is 0.0342 e. The molecule has 0 saturated heterocycles. The summed E-state index contributed by atoms with van der Waals surface area (Å²) in [5.74, 6) is 1.36. The van der Waals surface area contributed by atoms with Crippen LogP contribution in [0.25, 0.3) is 0 Å².